The molecule has 0 saturated carbocycles. The van der Waals surface area contributed by atoms with Crippen molar-refractivity contribution in [3.63, 3.8) is 0 Å². The van der Waals surface area contributed by atoms with Crippen molar-refractivity contribution >= 4 is 22.4 Å². The van der Waals surface area contributed by atoms with Gasteiger partial charge in [0.1, 0.15) is 5.82 Å². The molecule has 4 nitrogen and oxygen atoms in total. The van der Waals surface area contributed by atoms with Crippen LogP contribution in [0.4, 0.5) is 4.39 Å². The third-order valence-electron chi connectivity index (χ3n) is 3.55. The maximum Gasteiger partial charge on any atom is 0.243 e. The molecule has 0 bridgehead atoms. The number of hydrogen-bond acceptors (Lipinski definition) is 3. The van der Waals surface area contributed by atoms with Crippen LogP contribution in [0.3, 0.4) is 0 Å². The van der Waals surface area contributed by atoms with Gasteiger partial charge in [0.2, 0.25) is 10.0 Å². The lowest BCUT2D eigenvalue weighted by molar-refractivity contribution is 0.320. The molecule has 0 radical (unpaired) electrons. The quantitative estimate of drug-likeness (QED) is 0.905. The lowest BCUT2D eigenvalue weighted by Crippen LogP contribution is -2.42. The standard InChI is InChI=1S/C13H19FN2O2S.ClH/c1-9-7-12(8-10(2)13(9)14)19(17,18)16-5-3-11(15)4-6-16;/h7-8,11H,3-6,15H2,1-2H3;1H. The maximum absolute atomic E-state index is 13.6. The lowest BCUT2D eigenvalue weighted by atomic mass is 10.1. The summed E-state index contributed by atoms with van der Waals surface area (Å²) in [5, 5.41) is 0. The number of rotatable bonds is 2. The van der Waals surface area contributed by atoms with Gasteiger partial charge in [0.25, 0.3) is 0 Å². The molecule has 1 aromatic carbocycles. The second kappa shape index (κ2) is 6.39. The minimum atomic E-state index is -3.54. The summed E-state index contributed by atoms with van der Waals surface area (Å²) < 4.78 is 39.9. The molecule has 1 fully saturated rings. The van der Waals surface area contributed by atoms with E-state index in [0.717, 1.165) is 0 Å². The fraction of sp³-hybridized carbons (Fsp3) is 0.538. The molecule has 7 heteroatoms. The van der Waals surface area contributed by atoms with Crippen molar-refractivity contribution in [3.8, 4) is 0 Å². The van der Waals surface area contributed by atoms with Crippen LogP contribution in [0.25, 0.3) is 0 Å². The number of nitrogens with zero attached hydrogens (tertiary/aromatic N) is 1. The van der Waals surface area contributed by atoms with E-state index in [1.165, 1.54) is 16.4 Å². The molecule has 0 spiro atoms. The predicted octanol–water partition coefficient (Wildman–Crippen LogP) is 1.98. The Labute approximate surface area is 125 Å². The minimum Gasteiger partial charge on any atom is -0.328 e. The number of halogens is 2. The average molecular weight is 323 g/mol. The summed E-state index contributed by atoms with van der Waals surface area (Å²) in [5.41, 5.74) is 6.48. The topological polar surface area (TPSA) is 63.4 Å². The molecule has 1 aliphatic heterocycles. The monoisotopic (exact) mass is 322 g/mol. The Morgan fingerprint density at radius 3 is 2.10 bits per heavy atom. The van der Waals surface area contributed by atoms with E-state index >= 15 is 0 Å². The Morgan fingerprint density at radius 1 is 1.20 bits per heavy atom. The Kier molecular flexibility index (Phi) is 5.54. The Bertz CT molecular complexity index is 561. The van der Waals surface area contributed by atoms with Gasteiger partial charge in [-0.2, -0.15) is 4.31 Å². The van der Waals surface area contributed by atoms with Crippen LogP contribution in [0, 0.1) is 19.7 Å². The van der Waals surface area contributed by atoms with Crippen LogP contribution >= 0.6 is 12.4 Å². The van der Waals surface area contributed by atoms with E-state index in [2.05, 4.69) is 0 Å². The van der Waals surface area contributed by atoms with Crippen LogP contribution in [0.2, 0.25) is 0 Å². The van der Waals surface area contributed by atoms with Crippen molar-refractivity contribution in [1.82, 2.24) is 4.31 Å². The Morgan fingerprint density at radius 2 is 1.65 bits per heavy atom. The van der Waals surface area contributed by atoms with E-state index in [-0.39, 0.29) is 29.2 Å². The van der Waals surface area contributed by atoms with Crippen molar-refractivity contribution in [2.45, 2.75) is 37.6 Å². The van der Waals surface area contributed by atoms with Crippen LogP contribution < -0.4 is 5.73 Å². The largest absolute Gasteiger partial charge is 0.328 e. The smallest absolute Gasteiger partial charge is 0.243 e. The second-order valence-corrected chi connectivity index (χ2v) is 7.05. The fourth-order valence-electron chi connectivity index (χ4n) is 2.32. The summed E-state index contributed by atoms with van der Waals surface area (Å²) in [7, 11) is -3.54. The molecule has 20 heavy (non-hydrogen) atoms. The predicted molar refractivity (Wildman–Crippen MR) is 79.1 cm³/mol. The van der Waals surface area contributed by atoms with Gasteiger partial charge in [0.15, 0.2) is 0 Å². The molecule has 0 unspecified atom stereocenters. The molecular weight excluding hydrogens is 303 g/mol. The molecule has 1 aromatic rings. The number of hydrogen-bond donors (Lipinski definition) is 1. The first-order valence-corrected chi connectivity index (χ1v) is 7.79. The number of benzene rings is 1. The van der Waals surface area contributed by atoms with Crippen LogP contribution in [-0.2, 0) is 10.0 Å². The fourth-order valence-corrected chi connectivity index (χ4v) is 3.96. The number of nitrogens with two attached hydrogens (primary N) is 1. The zero-order chi connectivity index (χ0) is 14.2. The van der Waals surface area contributed by atoms with Crippen molar-refractivity contribution in [1.29, 1.82) is 0 Å². The molecule has 2 rings (SSSR count). The molecule has 1 saturated heterocycles. The zero-order valence-electron chi connectivity index (χ0n) is 11.6. The normalized spacial score (nSPS) is 17.8. The summed E-state index contributed by atoms with van der Waals surface area (Å²) in [6, 6.07) is 2.86. The number of aryl methyl sites for hydroxylation is 2. The van der Waals surface area contributed by atoms with Crippen molar-refractivity contribution in [2.75, 3.05) is 13.1 Å². The van der Waals surface area contributed by atoms with Gasteiger partial charge in [0, 0.05) is 19.1 Å². The molecule has 0 aliphatic carbocycles. The summed E-state index contributed by atoms with van der Waals surface area (Å²) in [4.78, 5) is 0.166. The number of piperidine rings is 1. The molecule has 0 aromatic heterocycles. The number of sulfonamides is 1. The summed E-state index contributed by atoms with van der Waals surface area (Å²) in [5.74, 6) is -0.348. The highest BCUT2D eigenvalue weighted by atomic mass is 35.5. The lowest BCUT2D eigenvalue weighted by Gasteiger charge is -2.29. The van der Waals surface area contributed by atoms with E-state index in [1.54, 1.807) is 13.8 Å². The maximum atomic E-state index is 13.6. The molecule has 0 amide bonds. The Balaban J connectivity index is 0.00000200. The molecule has 2 N–H and O–H groups in total. The molecule has 0 atom stereocenters. The van der Waals surface area contributed by atoms with E-state index in [4.69, 9.17) is 5.73 Å². The zero-order valence-corrected chi connectivity index (χ0v) is 13.2. The van der Waals surface area contributed by atoms with E-state index in [0.29, 0.717) is 37.1 Å². The van der Waals surface area contributed by atoms with Crippen molar-refractivity contribution in [2.24, 2.45) is 5.73 Å². The van der Waals surface area contributed by atoms with Gasteiger partial charge in [-0.3, -0.25) is 0 Å². The molecule has 1 heterocycles. The summed E-state index contributed by atoms with van der Waals surface area (Å²) >= 11 is 0. The van der Waals surface area contributed by atoms with Crippen molar-refractivity contribution in [3.05, 3.63) is 29.1 Å². The summed E-state index contributed by atoms with van der Waals surface area (Å²) in [6.07, 6.45) is 1.33. The van der Waals surface area contributed by atoms with E-state index in [9.17, 15) is 12.8 Å². The highest BCUT2D eigenvalue weighted by Gasteiger charge is 2.28. The molecule has 114 valence electrons. The minimum absolute atomic E-state index is 0. The third-order valence-corrected chi connectivity index (χ3v) is 5.42. The molecular formula is C13H20ClFN2O2S. The van der Waals surface area contributed by atoms with Gasteiger partial charge in [-0.05, 0) is 49.9 Å². The Hall–Kier alpha value is -0.690. The first kappa shape index (κ1) is 17.4. The van der Waals surface area contributed by atoms with Crippen LogP contribution in [0.1, 0.15) is 24.0 Å². The van der Waals surface area contributed by atoms with Crippen LogP contribution in [0.5, 0.6) is 0 Å². The van der Waals surface area contributed by atoms with E-state index in [1.807, 2.05) is 0 Å². The van der Waals surface area contributed by atoms with Gasteiger partial charge >= 0.3 is 0 Å². The summed E-state index contributed by atoms with van der Waals surface area (Å²) in [6.45, 7) is 4.01. The first-order chi connectivity index (χ1) is 8.82. The highest BCUT2D eigenvalue weighted by molar-refractivity contribution is 7.89. The van der Waals surface area contributed by atoms with Gasteiger partial charge in [0.05, 0.1) is 4.90 Å². The average Bonchev–Trinajstić information content (AvgIpc) is 2.35. The van der Waals surface area contributed by atoms with Gasteiger partial charge in [-0.25, -0.2) is 12.8 Å². The SMILES string of the molecule is Cc1cc(S(=O)(=O)N2CCC(N)CC2)cc(C)c1F.Cl. The van der Waals surface area contributed by atoms with E-state index < -0.39 is 10.0 Å². The second-order valence-electron chi connectivity index (χ2n) is 5.11. The van der Waals surface area contributed by atoms with Gasteiger partial charge in [-0.1, -0.05) is 0 Å². The van der Waals surface area contributed by atoms with Gasteiger partial charge in [-0.15, -0.1) is 12.4 Å². The van der Waals surface area contributed by atoms with Crippen molar-refractivity contribution < 1.29 is 12.8 Å². The van der Waals surface area contributed by atoms with Gasteiger partial charge < -0.3 is 5.73 Å². The first-order valence-electron chi connectivity index (χ1n) is 6.35. The van der Waals surface area contributed by atoms with Crippen LogP contribution in [0.15, 0.2) is 17.0 Å². The molecule has 1 aliphatic rings. The third kappa shape index (κ3) is 3.31. The van der Waals surface area contributed by atoms with Crippen LogP contribution in [-0.4, -0.2) is 31.9 Å². The highest BCUT2D eigenvalue weighted by Crippen LogP contribution is 2.24.